The molecule has 0 unspecified atom stereocenters. The number of aryl methyl sites for hydroxylation is 2. The third-order valence-electron chi connectivity index (χ3n) is 4.66. The van der Waals surface area contributed by atoms with Crippen molar-refractivity contribution in [1.82, 2.24) is 18.9 Å². The lowest BCUT2D eigenvalue weighted by atomic mass is 10.0. The maximum Gasteiger partial charge on any atom is 0.205 e. The van der Waals surface area contributed by atoms with Crippen LogP contribution in [0.25, 0.3) is 0 Å². The molecule has 1 fully saturated rings. The Hall–Kier alpha value is -1.43. The van der Waals surface area contributed by atoms with Gasteiger partial charge in [-0.1, -0.05) is 6.92 Å². The van der Waals surface area contributed by atoms with E-state index in [2.05, 4.69) is 37.1 Å². The zero-order chi connectivity index (χ0) is 14.2. The fourth-order valence-corrected chi connectivity index (χ4v) is 4.25. The Morgan fingerprint density at radius 2 is 2.24 bits per heavy atom. The molecule has 6 heteroatoms. The first kappa shape index (κ1) is 13.2. The van der Waals surface area contributed by atoms with Gasteiger partial charge >= 0.3 is 0 Å². The molecule has 21 heavy (non-hydrogen) atoms. The van der Waals surface area contributed by atoms with Gasteiger partial charge in [-0.3, -0.25) is 0 Å². The predicted octanol–water partition coefficient (Wildman–Crippen LogP) is 2.63. The van der Waals surface area contributed by atoms with Crippen LogP contribution in [0.1, 0.15) is 49.4 Å². The van der Waals surface area contributed by atoms with E-state index in [1.54, 1.807) is 0 Å². The summed E-state index contributed by atoms with van der Waals surface area (Å²) in [6.07, 6.45) is 9.14. The molecular formula is C15H21N5S. The molecule has 0 spiro atoms. The summed E-state index contributed by atoms with van der Waals surface area (Å²) in [5.74, 6) is 0.971. The summed E-state index contributed by atoms with van der Waals surface area (Å²) < 4.78 is 6.85. The van der Waals surface area contributed by atoms with Crippen molar-refractivity contribution in [2.75, 3.05) is 18.0 Å². The van der Waals surface area contributed by atoms with E-state index in [9.17, 15) is 0 Å². The monoisotopic (exact) mass is 303 g/mol. The summed E-state index contributed by atoms with van der Waals surface area (Å²) in [5, 5.41) is 1.09. The number of rotatable bonds is 3. The van der Waals surface area contributed by atoms with Gasteiger partial charge in [0.2, 0.25) is 5.13 Å². The van der Waals surface area contributed by atoms with Crippen molar-refractivity contribution in [2.24, 2.45) is 0 Å². The highest BCUT2D eigenvalue weighted by molar-refractivity contribution is 7.09. The van der Waals surface area contributed by atoms with Crippen LogP contribution < -0.4 is 4.90 Å². The molecule has 4 rings (SSSR count). The molecule has 2 aliphatic rings. The second-order valence-corrected chi connectivity index (χ2v) is 6.72. The van der Waals surface area contributed by atoms with Gasteiger partial charge in [0.15, 0.2) is 0 Å². The van der Waals surface area contributed by atoms with Crippen molar-refractivity contribution in [1.29, 1.82) is 0 Å². The first-order chi connectivity index (χ1) is 10.3. The van der Waals surface area contributed by atoms with E-state index < -0.39 is 0 Å². The Labute approximate surface area is 129 Å². The van der Waals surface area contributed by atoms with Gasteiger partial charge < -0.3 is 9.47 Å². The van der Waals surface area contributed by atoms with Crippen molar-refractivity contribution >= 4 is 16.7 Å². The maximum atomic E-state index is 4.64. The zero-order valence-electron chi connectivity index (χ0n) is 12.5. The second kappa shape index (κ2) is 5.40. The average molecular weight is 303 g/mol. The fraction of sp³-hybridized carbons (Fsp3) is 0.667. The maximum absolute atomic E-state index is 4.64. The number of nitrogens with zero attached hydrogens (tertiary/aromatic N) is 5. The van der Waals surface area contributed by atoms with Crippen LogP contribution in [0.15, 0.2) is 6.33 Å². The number of imidazole rings is 1. The normalized spacial score (nSPS) is 21.8. The first-order valence-electron chi connectivity index (χ1n) is 7.97. The second-order valence-electron chi connectivity index (χ2n) is 5.99. The number of fused-ring (bicyclic) bond motifs is 1. The number of hydrogen-bond acceptors (Lipinski definition) is 5. The fourth-order valence-electron chi connectivity index (χ4n) is 3.47. The van der Waals surface area contributed by atoms with Crippen LogP contribution in [0.3, 0.4) is 0 Å². The molecule has 2 aromatic heterocycles. The number of anilines is 1. The molecule has 0 amide bonds. The lowest BCUT2D eigenvalue weighted by Gasteiger charge is -2.19. The minimum absolute atomic E-state index is 0.549. The Bertz CT molecular complexity index is 632. The van der Waals surface area contributed by atoms with Gasteiger partial charge in [-0.05, 0) is 32.1 Å². The summed E-state index contributed by atoms with van der Waals surface area (Å²) in [4.78, 5) is 11.6. The molecule has 0 radical (unpaired) electrons. The van der Waals surface area contributed by atoms with E-state index in [0.717, 1.165) is 36.9 Å². The van der Waals surface area contributed by atoms with Crippen molar-refractivity contribution in [2.45, 2.75) is 51.5 Å². The van der Waals surface area contributed by atoms with E-state index in [0.29, 0.717) is 6.04 Å². The number of hydrogen-bond donors (Lipinski definition) is 0. The van der Waals surface area contributed by atoms with E-state index in [1.807, 2.05) is 0 Å². The molecule has 2 aromatic rings. The lowest BCUT2D eigenvalue weighted by Crippen LogP contribution is -2.21. The Morgan fingerprint density at radius 1 is 1.33 bits per heavy atom. The highest BCUT2D eigenvalue weighted by Gasteiger charge is 2.28. The van der Waals surface area contributed by atoms with Gasteiger partial charge in [0.05, 0.1) is 18.1 Å². The Morgan fingerprint density at radius 3 is 3.10 bits per heavy atom. The molecule has 1 aliphatic carbocycles. The highest BCUT2D eigenvalue weighted by atomic mass is 32.1. The largest absolute Gasteiger partial charge is 0.345 e. The van der Waals surface area contributed by atoms with Gasteiger partial charge in [0, 0.05) is 36.7 Å². The van der Waals surface area contributed by atoms with Crippen LogP contribution in [0, 0.1) is 0 Å². The van der Waals surface area contributed by atoms with Gasteiger partial charge in [-0.15, -0.1) is 0 Å². The molecule has 0 N–H and O–H groups in total. The molecule has 1 aliphatic heterocycles. The van der Waals surface area contributed by atoms with Crippen molar-refractivity contribution in [3.05, 3.63) is 23.5 Å². The quantitative estimate of drug-likeness (QED) is 0.874. The highest BCUT2D eigenvalue weighted by Crippen LogP contribution is 2.31. The van der Waals surface area contributed by atoms with Crippen LogP contribution in [-0.2, 0) is 19.3 Å². The van der Waals surface area contributed by atoms with Crippen LogP contribution in [0.5, 0.6) is 0 Å². The molecule has 1 saturated heterocycles. The lowest BCUT2D eigenvalue weighted by molar-refractivity contribution is 0.515. The van der Waals surface area contributed by atoms with Gasteiger partial charge in [0.1, 0.15) is 5.82 Å². The first-order valence-corrected chi connectivity index (χ1v) is 8.74. The van der Waals surface area contributed by atoms with Crippen LogP contribution in [0.2, 0.25) is 0 Å². The third-order valence-corrected chi connectivity index (χ3v) is 5.48. The average Bonchev–Trinajstić information content (AvgIpc) is 3.24. The topological polar surface area (TPSA) is 46.8 Å². The van der Waals surface area contributed by atoms with Crippen LogP contribution in [-0.4, -0.2) is 32.0 Å². The van der Waals surface area contributed by atoms with Crippen molar-refractivity contribution in [3.8, 4) is 0 Å². The molecule has 5 nitrogen and oxygen atoms in total. The minimum atomic E-state index is 0.549. The van der Waals surface area contributed by atoms with Gasteiger partial charge in [-0.25, -0.2) is 9.97 Å². The molecule has 0 aromatic carbocycles. The molecule has 0 saturated carbocycles. The molecule has 3 heterocycles. The molecule has 112 valence electrons. The summed E-state index contributed by atoms with van der Waals surface area (Å²) in [6, 6.07) is 0.549. The van der Waals surface area contributed by atoms with E-state index in [1.165, 1.54) is 48.6 Å². The standard InChI is InChI=1S/C15H21N5S/c1-2-14-17-15(21-18-14)19-8-7-11(9-19)20-10-16-12-5-3-4-6-13(12)20/h10-11H,2-9H2,1H3/t11-/m1/s1. The van der Waals surface area contributed by atoms with Crippen molar-refractivity contribution < 1.29 is 0 Å². The van der Waals surface area contributed by atoms with Gasteiger partial charge in [0.25, 0.3) is 0 Å². The third kappa shape index (κ3) is 2.35. The minimum Gasteiger partial charge on any atom is -0.345 e. The van der Waals surface area contributed by atoms with Crippen LogP contribution >= 0.6 is 11.5 Å². The van der Waals surface area contributed by atoms with Crippen molar-refractivity contribution in [3.63, 3.8) is 0 Å². The Balaban J connectivity index is 1.52. The Kier molecular flexibility index (Phi) is 3.41. The van der Waals surface area contributed by atoms with E-state index in [-0.39, 0.29) is 0 Å². The number of aromatic nitrogens is 4. The summed E-state index contributed by atoms with van der Waals surface area (Å²) in [5.41, 5.74) is 2.82. The summed E-state index contributed by atoms with van der Waals surface area (Å²) in [6.45, 7) is 4.23. The van der Waals surface area contributed by atoms with Gasteiger partial charge in [-0.2, -0.15) is 4.37 Å². The predicted molar refractivity (Wildman–Crippen MR) is 84.0 cm³/mol. The van der Waals surface area contributed by atoms with Crippen LogP contribution in [0.4, 0.5) is 5.13 Å². The molecular weight excluding hydrogens is 282 g/mol. The van der Waals surface area contributed by atoms with E-state index in [4.69, 9.17) is 0 Å². The SMILES string of the molecule is CCc1nsc(N2CC[C@@H](n3cnc4c3CCCC4)C2)n1. The van der Waals surface area contributed by atoms with E-state index >= 15 is 0 Å². The summed E-state index contributed by atoms with van der Waals surface area (Å²) >= 11 is 1.54. The summed E-state index contributed by atoms with van der Waals surface area (Å²) in [7, 11) is 0. The zero-order valence-corrected chi connectivity index (χ0v) is 13.3. The molecule has 0 bridgehead atoms. The smallest absolute Gasteiger partial charge is 0.205 e. The molecule has 1 atom stereocenters.